The molecule has 0 spiro atoms. The predicted octanol–water partition coefficient (Wildman–Crippen LogP) is 3.78. The van der Waals surface area contributed by atoms with Crippen LogP contribution in [0, 0.1) is 0 Å². The second kappa shape index (κ2) is 6.31. The summed E-state index contributed by atoms with van der Waals surface area (Å²) in [6.45, 7) is 0. The molecule has 1 aliphatic rings. The summed E-state index contributed by atoms with van der Waals surface area (Å²) in [4.78, 5) is 25.9. The van der Waals surface area contributed by atoms with Crippen LogP contribution in [0.3, 0.4) is 0 Å². The number of carbonyl (C=O) groups excluding carboxylic acids is 2. The second-order valence-corrected chi connectivity index (χ2v) is 15.3. The minimum absolute atomic E-state index is 0.103. The van der Waals surface area contributed by atoms with Gasteiger partial charge >= 0.3 is 186 Å². The first-order chi connectivity index (χ1) is 13.2. The molecule has 0 fully saturated rings. The molecule has 128 valence electrons. The van der Waals surface area contributed by atoms with Gasteiger partial charge in [-0.25, -0.2) is 0 Å². The molecule has 3 aromatic heterocycles. The van der Waals surface area contributed by atoms with Gasteiger partial charge in [-0.1, -0.05) is 0 Å². The summed E-state index contributed by atoms with van der Waals surface area (Å²) < 4.78 is 10.2. The predicted molar refractivity (Wildman–Crippen MR) is 113 cm³/mol. The molecular formula is C22H10O2Te3. The minimum atomic E-state index is -0.446. The van der Waals surface area contributed by atoms with Crippen molar-refractivity contribution >= 4 is 103 Å². The van der Waals surface area contributed by atoms with Crippen molar-refractivity contribution in [2.75, 3.05) is 0 Å². The number of Topliss-reactive ketones (excluding diaryl/α,β-unsaturated/α-hetero) is 2. The van der Waals surface area contributed by atoms with Crippen molar-refractivity contribution in [1.82, 2.24) is 0 Å². The summed E-state index contributed by atoms with van der Waals surface area (Å²) in [5, 5.41) is 2.02. The molecule has 3 heterocycles. The van der Waals surface area contributed by atoms with E-state index in [0.717, 1.165) is 10.8 Å². The molecule has 0 amide bonds. The van der Waals surface area contributed by atoms with E-state index in [0.29, 0.717) is 16.7 Å². The summed E-state index contributed by atoms with van der Waals surface area (Å²) in [6.07, 6.45) is 1.92. The zero-order valence-electron chi connectivity index (χ0n) is 13.8. The van der Waals surface area contributed by atoms with Crippen LogP contribution in [0.25, 0.3) is 30.5 Å². The van der Waals surface area contributed by atoms with Crippen LogP contribution in [-0.2, 0) is 0 Å². The van der Waals surface area contributed by atoms with Crippen molar-refractivity contribution in [1.29, 1.82) is 0 Å². The van der Waals surface area contributed by atoms with Gasteiger partial charge in [-0.3, -0.25) is 0 Å². The Morgan fingerprint density at radius 2 is 1.44 bits per heavy atom. The molecule has 0 atom stereocenters. The first kappa shape index (κ1) is 17.0. The summed E-state index contributed by atoms with van der Waals surface area (Å²) in [5.74, 6) is -0.206. The molecule has 0 saturated carbocycles. The van der Waals surface area contributed by atoms with Crippen molar-refractivity contribution in [3.05, 3.63) is 72.9 Å². The molecular weight excluding hydrogens is 679 g/mol. The fourth-order valence-corrected chi connectivity index (χ4v) is 19.0. The van der Waals surface area contributed by atoms with Crippen LogP contribution >= 0.6 is 0 Å². The van der Waals surface area contributed by atoms with Crippen LogP contribution in [-0.4, -0.2) is 72.9 Å². The first-order valence-corrected chi connectivity index (χ1v) is 15.6. The van der Waals surface area contributed by atoms with Crippen molar-refractivity contribution in [3.63, 3.8) is 0 Å². The van der Waals surface area contributed by atoms with Gasteiger partial charge in [0.05, 0.1) is 0 Å². The van der Waals surface area contributed by atoms with Gasteiger partial charge in [0.25, 0.3) is 0 Å². The summed E-state index contributed by atoms with van der Waals surface area (Å²) in [7, 11) is 0. The van der Waals surface area contributed by atoms with Crippen molar-refractivity contribution in [2.45, 2.75) is 0 Å². The molecule has 5 aromatic rings. The molecule has 27 heavy (non-hydrogen) atoms. The van der Waals surface area contributed by atoms with Crippen LogP contribution < -0.4 is 0 Å². The van der Waals surface area contributed by atoms with Crippen molar-refractivity contribution < 1.29 is 9.59 Å². The monoisotopic (exact) mass is 696 g/mol. The molecule has 2 aromatic carbocycles. The molecule has 0 bridgehead atoms. The molecule has 6 rings (SSSR count). The Bertz CT molecular complexity index is 1400. The zero-order valence-corrected chi connectivity index (χ0v) is 20.8. The fourth-order valence-electron chi connectivity index (χ4n) is 3.64. The van der Waals surface area contributed by atoms with E-state index >= 15 is 0 Å². The van der Waals surface area contributed by atoms with Crippen LogP contribution in [0.1, 0.15) is 24.3 Å². The number of hydrogen-bond donors (Lipinski definition) is 0. The number of benzene rings is 2. The molecule has 0 N–H and O–H groups in total. The maximum atomic E-state index is 12.9. The van der Waals surface area contributed by atoms with Gasteiger partial charge in [0.15, 0.2) is 0 Å². The topological polar surface area (TPSA) is 34.1 Å². The standard InChI is InChI=1S/C22H10O2Te3/c23-19-14-7-11-3-1-2-4-12(11)8-15(14)20(24)16(19)9-13-10-18-22(26-13)21-17(27-18)5-6-25-21/h1-10H. The van der Waals surface area contributed by atoms with Crippen LogP contribution in [0.2, 0.25) is 0 Å². The third-order valence-electron chi connectivity index (χ3n) is 4.92. The normalized spacial score (nSPS) is 14.0. The van der Waals surface area contributed by atoms with Gasteiger partial charge in [0.2, 0.25) is 0 Å². The molecule has 0 radical (unpaired) electrons. The Hall–Kier alpha value is -0.891. The van der Waals surface area contributed by atoms with E-state index in [1.165, 1.54) is 3.58 Å². The Morgan fingerprint density at radius 3 is 2.15 bits per heavy atom. The molecule has 0 saturated heterocycles. The summed E-state index contributed by atoms with van der Waals surface area (Å²) in [6, 6.07) is 16.3. The van der Waals surface area contributed by atoms with E-state index in [9.17, 15) is 9.59 Å². The van der Waals surface area contributed by atoms with E-state index in [1.54, 1.807) is 13.6 Å². The summed E-state index contributed by atoms with van der Waals surface area (Å²) >= 11 is -0.774. The van der Waals surface area contributed by atoms with Crippen molar-refractivity contribution in [3.8, 4) is 0 Å². The molecule has 5 heteroatoms. The Morgan fingerprint density at radius 1 is 0.741 bits per heavy atom. The van der Waals surface area contributed by atoms with Crippen LogP contribution in [0.4, 0.5) is 0 Å². The van der Waals surface area contributed by atoms with Crippen molar-refractivity contribution in [2.24, 2.45) is 0 Å². The average Bonchev–Trinajstić information content (AvgIpc) is 3.39. The quantitative estimate of drug-likeness (QED) is 0.153. The summed E-state index contributed by atoms with van der Waals surface area (Å²) in [5.41, 5.74) is 1.50. The van der Waals surface area contributed by atoms with Gasteiger partial charge in [0, 0.05) is 0 Å². The number of ketones is 2. The molecule has 0 aliphatic heterocycles. The zero-order chi connectivity index (χ0) is 18.1. The van der Waals surface area contributed by atoms with Gasteiger partial charge in [-0.05, 0) is 0 Å². The van der Waals surface area contributed by atoms with E-state index in [4.69, 9.17) is 0 Å². The van der Waals surface area contributed by atoms with E-state index in [-0.39, 0.29) is 52.4 Å². The van der Waals surface area contributed by atoms with E-state index in [1.807, 2.05) is 42.5 Å². The number of fused-ring (bicyclic) bond motifs is 5. The third kappa shape index (κ3) is 2.58. The molecule has 2 nitrogen and oxygen atoms in total. The molecule has 1 aliphatic carbocycles. The van der Waals surface area contributed by atoms with E-state index < -0.39 is 20.4 Å². The van der Waals surface area contributed by atoms with E-state index in [2.05, 4.69) is 16.2 Å². The van der Waals surface area contributed by atoms with Gasteiger partial charge in [0.1, 0.15) is 0 Å². The van der Waals surface area contributed by atoms with Gasteiger partial charge in [-0.2, -0.15) is 0 Å². The number of allylic oxidation sites excluding steroid dienone is 1. The Kier molecular flexibility index (Phi) is 3.97. The van der Waals surface area contributed by atoms with Gasteiger partial charge in [-0.15, -0.1) is 0 Å². The Labute approximate surface area is 183 Å². The average molecular weight is 689 g/mol. The van der Waals surface area contributed by atoms with Crippen LogP contribution in [0.5, 0.6) is 0 Å². The van der Waals surface area contributed by atoms with Gasteiger partial charge < -0.3 is 0 Å². The number of rotatable bonds is 1. The third-order valence-corrected chi connectivity index (χ3v) is 17.6. The fraction of sp³-hybridized carbons (Fsp3) is 0. The number of carbonyl (C=O) groups is 2. The first-order valence-electron chi connectivity index (χ1n) is 8.42. The Balaban J connectivity index is 1.50. The SMILES string of the molecule is O=C1C(=Cc2cc3[te]c4cc[te]c4c3[te]2)C(=O)c2cc3ccccc3cc21. The maximum absolute atomic E-state index is 12.9. The molecule has 0 unspecified atom stereocenters. The number of hydrogen-bond acceptors (Lipinski definition) is 2. The van der Waals surface area contributed by atoms with Crippen LogP contribution in [0.15, 0.2) is 58.2 Å². The second-order valence-electron chi connectivity index (χ2n) is 6.52.